The zero-order valence-electron chi connectivity index (χ0n) is 11.8. The first kappa shape index (κ1) is 14.2. The average molecular weight is 267 g/mol. The van der Waals surface area contributed by atoms with Crippen LogP contribution in [-0.2, 0) is 0 Å². The fourth-order valence-electron chi connectivity index (χ4n) is 2.62. The van der Waals surface area contributed by atoms with Crippen LogP contribution in [0.5, 0.6) is 0 Å². The van der Waals surface area contributed by atoms with Gasteiger partial charge in [0.2, 0.25) is 5.95 Å². The SMILES string of the molecule is CC1CN(CC(C)(C)O)CCN1c1cccc(F)n1. The predicted molar refractivity (Wildman–Crippen MR) is 73.7 cm³/mol. The van der Waals surface area contributed by atoms with Crippen LogP contribution in [0.4, 0.5) is 10.2 Å². The molecule has 1 aromatic heterocycles. The number of piperazine rings is 1. The molecule has 0 aliphatic carbocycles. The summed E-state index contributed by atoms with van der Waals surface area (Å²) in [6.07, 6.45) is 0. The number of aromatic nitrogens is 1. The number of rotatable bonds is 3. The lowest BCUT2D eigenvalue weighted by molar-refractivity contribution is 0.0307. The fraction of sp³-hybridized carbons (Fsp3) is 0.643. The van der Waals surface area contributed by atoms with Gasteiger partial charge in [-0.2, -0.15) is 4.39 Å². The molecule has 1 fully saturated rings. The third-order valence-corrected chi connectivity index (χ3v) is 3.32. The first-order chi connectivity index (χ1) is 8.85. The topological polar surface area (TPSA) is 39.6 Å². The summed E-state index contributed by atoms with van der Waals surface area (Å²) in [5, 5.41) is 9.86. The largest absolute Gasteiger partial charge is 0.389 e. The van der Waals surface area contributed by atoms with Gasteiger partial charge < -0.3 is 10.0 Å². The molecule has 0 spiro atoms. The van der Waals surface area contributed by atoms with Crippen LogP contribution in [0.25, 0.3) is 0 Å². The summed E-state index contributed by atoms with van der Waals surface area (Å²) in [6.45, 7) is 8.89. The summed E-state index contributed by atoms with van der Waals surface area (Å²) >= 11 is 0. The van der Waals surface area contributed by atoms with Gasteiger partial charge in [0.15, 0.2) is 0 Å². The number of nitrogens with zero attached hydrogens (tertiary/aromatic N) is 3. The van der Waals surface area contributed by atoms with Crippen molar-refractivity contribution in [1.82, 2.24) is 9.88 Å². The molecule has 1 N–H and O–H groups in total. The van der Waals surface area contributed by atoms with Crippen LogP contribution in [0.3, 0.4) is 0 Å². The van der Waals surface area contributed by atoms with E-state index in [4.69, 9.17) is 0 Å². The number of anilines is 1. The smallest absolute Gasteiger partial charge is 0.214 e. The molecule has 106 valence electrons. The van der Waals surface area contributed by atoms with Crippen molar-refractivity contribution in [3.05, 3.63) is 24.1 Å². The van der Waals surface area contributed by atoms with E-state index in [0.29, 0.717) is 12.4 Å². The number of hydrogen-bond acceptors (Lipinski definition) is 4. The zero-order valence-corrected chi connectivity index (χ0v) is 11.8. The van der Waals surface area contributed by atoms with Crippen LogP contribution < -0.4 is 4.90 Å². The lowest BCUT2D eigenvalue weighted by atomic mass is 10.1. The quantitative estimate of drug-likeness (QED) is 0.843. The molecule has 0 radical (unpaired) electrons. The molecule has 0 aromatic carbocycles. The monoisotopic (exact) mass is 267 g/mol. The molecule has 0 saturated carbocycles. The summed E-state index contributed by atoms with van der Waals surface area (Å²) in [7, 11) is 0. The molecule has 19 heavy (non-hydrogen) atoms. The van der Waals surface area contributed by atoms with E-state index >= 15 is 0 Å². The van der Waals surface area contributed by atoms with E-state index in [1.54, 1.807) is 6.07 Å². The van der Waals surface area contributed by atoms with Crippen molar-refractivity contribution in [3.8, 4) is 0 Å². The van der Waals surface area contributed by atoms with Crippen molar-refractivity contribution in [2.75, 3.05) is 31.1 Å². The summed E-state index contributed by atoms with van der Waals surface area (Å²) in [6, 6.07) is 5.14. The normalized spacial score (nSPS) is 21.7. The van der Waals surface area contributed by atoms with E-state index < -0.39 is 11.5 Å². The fourth-order valence-corrected chi connectivity index (χ4v) is 2.62. The predicted octanol–water partition coefficient (Wildman–Crippen LogP) is 1.50. The van der Waals surface area contributed by atoms with Gasteiger partial charge in [0.25, 0.3) is 0 Å². The molecule has 1 aromatic rings. The molecule has 1 saturated heterocycles. The van der Waals surface area contributed by atoms with Crippen LogP contribution in [0.15, 0.2) is 18.2 Å². The summed E-state index contributed by atoms with van der Waals surface area (Å²) in [5.74, 6) is 0.249. The number of pyridine rings is 1. The molecular formula is C14H22FN3O. The van der Waals surface area contributed by atoms with Crippen LogP contribution in [0.2, 0.25) is 0 Å². The van der Waals surface area contributed by atoms with Gasteiger partial charge in [0.1, 0.15) is 5.82 Å². The van der Waals surface area contributed by atoms with Crippen LogP contribution in [0.1, 0.15) is 20.8 Å². The number of halogens is 1. The van der Waals surface area contributed by atoms with E-state index in [0.717, 1.165) is 19.6 Å². The van der Waals surface area contributed by atoms with E-state index in [-0.39, 0.29) is 6.04 Å². The van der Waals surface area contributed by atoms with E-state index in [2.05, 4.69) is 21.7 Å². The lowest BCUT2D eigenvalue weighted by Crippen LogP contribution is -2.55. The molecule has 0 amide bonds. The minimum Gasteiger partial charge on any atom is -0.389 e. The molecule has 5 heteroatoms. The Labute approximate surface area is 113 Å². The summed E-state index contributed by atoms with van der Waals surface area (Å²) in [5.41, 5.74) is -0.682. The highest BCUT2D eigenvalue weighted by Gasteiger charge is 2.27. The maximum Gasteiger partial charge on any atom is 0.214 e. The van der Waals surface area contributed by atoms with Gasteiger partial charge in [-0.1, -0.05) is 6.07 Å². The molecular weight excluding hydrogens is 245 g/mol. The number of hydrogen-bond donors (Lipinski definition) is 1. The Morgan fingerprint density at radius 2 is 2.16 bits per heavy atom. The summed E-state index contributed by atoms with van der Waals surface area (Å²) in [4.78, 5) is 8.29. The highest BCUT2D eigenvalue weighted by molar-refractivity contribution is 5.40. The van der Waals surface area contributed by atoms with E-state index in [1.807, 2.05) is 19.9 Å². The molecule has 0 bridgehead atoms. The Kier molecular flexibility index (Phi) is 4.06. The van der Waals surface area contributed by atoms with Gasteiger partial charge in [0, 0.05) is 32.2 Å². The Morgan fingerprint density at radius 3 is 2.74 bits per heavy atom. The van der Waals surface area contributed by atoms with E-state index in [9.17, 15) is 9.50 Å². The second kappa shape index (κ2) is 5.43. The van der Waals surface area contributed by atoms with Gasteiger partial charge in [-0.05, 0) is 32.9 Å². The zero-order chi connectivity index (χ0) is 14.0. The van der Waals surface area contributed by atoms with Crippen molar-refractivity contribution in [1.29, 1.82) is 0 Å². The van der Waals surface area contributed by atoms with Gasteiger partial charge in [0.05, 0.1) is 5.60 Å². The van der Waals surface area contributed by atoms with Crippen molar-refractivity contribution >= 4 is 5.82 Å². The Balaban J connectivity index is 2.01. The Hall–Kier alpha value is -1.20. The van der Waals surface area contributed by atoms with Crippen molar-refractivity contribution in [2.24, 2.45) is 0 Å². The highest BCUT2D eigenvalue weighted by Crippen LogP contribution is 2.19. The minimum atomic E-state index is -0.682. The highest BCUT2D eigenvalue weighted by atomic mass is 19.1. The minimum absolute atomic E-state index is 0.255. The second-order valence-corrected chi connectivity index (χ2v) is 5.91. The second-order valence-electron chi connectivity index (χ2n) is 5.91. The Morgan fingerprint density at radius 1 is 1.42 bits per heavy atom. The average Bonchev–Trinajstić information content (AvgIpc) is 2.26. The molecule has 1 atom stereocenters. The Bertz CT molecular complexity index is 433. The first-order valence-electron chi connectivity index (χ1n) is 6.69. The van der Waals surface area contributed by atoms with Crippen molar-refractivity contribution in [2.45, 2.75) is 32.4 Å². The molecule has 1 aliphatic rings. The van der Waals surface area contributed by atoms with Gasteiger partial charge in [-0.25, -0.2) is 4.98 Å². The molecule has 2 rings (SSSR count). The number of aliphatic hydroxyl groups is 1. The summed E-state index contributed by atoms with van der Waals surface area (Å²) < 4.78 is 13.2. The lowest BCUT2D eigenvalue weighted by Gasteiger charge is -2.42. The van der Waals surface area contributed by atoms with Gasteiger partial charge in [-0.3, -0.25) is 4.90 Å². The maximum absolute atomic E-state index is 13.2. The van der Waals surface area contributed by atoms with E-state index in [1.165, 1.54) is 6.07 Å². The molecule has 2 heterocycles. The van der Waals surface area contributed by atoms with Crippen molar-refractivity contribution < 1.29 is 9.50 Å². The molecule has 1 unspecified atom stereocenters. The van der Waals surface area contributed by atoms with Crippen LogP contribution in [-0.4, -0.2) is 52.8 Å². The van der Waals surface area contributed by atoms with Crippen LogP contribution >= 0.6 is 0 Å². The number of β-amino-alcohol motifs (C(OH)–C–C–N with tert-alkyl or cyclic N) is 1. The van der Waals surface area contributed by atoms with Crippen LogP contribution in [0, 0.1) is 5.95 Å². The molecule has 1 aliphatic heterocycles. The maximum atomic E-state index is 13.2. The van der Waals surface area contributed by atoms with Gasteiger partial charge in [-0.15, -0.1) is 0 Å². The van der Waals surface area contributed by atoms with Crippen molar-refractivity contribution in [3.63, 3.8) is 0 Å². The third kappa shape index (κ3) is 3.88. The standard InChI is InChI=1S/C14H22FN3O/c1-11-9-17(10-14(2,3)19)7-8-18(11)13-6-4-5-12(15)16-13/h4-6,11,19H,7-10H2,1-3H3. The first-order valence-corrected chi connectivity index (χ1v) is 6.69. The third-order valence-electron chi connectivity index (χ3n) is 3.32. The molecule has 4 nitrogen and oxygen atoms in total. The van der Waals surface area contributed by atoms with Gasteiger partial charge >= 0.3 is 0 Å².